The first-order valence-electron chi connectivity index (χ1n) is 4.92. The monoisotopic (exact) mass is 156 g/mol. The van der Waals surface area contributed by atoms with Crippen LogP contribution in [0.5, 0.6) is 0 Å². The van der Waals surface area contributed by atoms with Gasteiger partial charge in [0.05, 0.1) is 0 Å². The molecule has 2 atom stereocenters. The molecule has 1 saturated carbocycles. The molecule has 11 heavy (non-hydrogen) atoms. The molecule has 1 aliphatic rings. The zero-order valence-corrected chi connectivity index (χ0v) is 7.81. The van der Waals surface area contributed by atoms with Crippen molar-refractivity contribution in [3.05, 3.63) is 0 Å². The van der Waals surface area contributed by atoms with Crippen LogP contribution in [0.2, 0.25) is 0 Å². The summed E-state index contributed by atoms with van der Waals surface area (Å²) < 4.78 is 5.44. The predicted octanol–water partition coefficient (Wildman–Crippen LogP) is 2.85. The van der Waals surface area contributed by atoms with Crippen LogP contribution in [0.1, 0.15) is 39.5 Å². The molecule has 0 saturated heterocycles. The molecule has 0 unspecified atom stereocenters. The Kier molecular flexibility index (Phi) is 3.92. The van der Waals surface area contributed by atoms with Gasteiger partial charge in [-0.05, 0) is 25.2 Å². The topological polar surface area (TPSA) is 9.23 Å². The lowest BCUT2D eigenvalue weighted by Gasteiger charge is -2.28. The van der Waals surface area contributed by atoms with Gasteiger partial charge in [-0.25, -0.2) is 0 Å². The highest BCUT2D eigenvalue weighted by atomic mass is 16.5. The molecule has 0 heterocycles. The first-order chi connectivity index (χ1) is 5.34. The highest BCUT2D eigenvalue weighted by Gasteiger charge is 2.20. The summed E-state index contributed by atoms with van der Waals surface area (Å²) in [4.78, 5) is 0. The third-order valence-corrected chi connectivity index (χ3v) is 2.83. The van der Waals surface area contributed by atoms with Crippen LogP contribution in [0, 0.1) is 11.8 Å². The van der Waals surface area contributed by atoms with Crippen molar-refractivity contribution < 1.29 is 4.74 Å². The third-order valence-electron chi connectivity index (χ3n) is 2.83. The molecule has 0 amide bonds. The second-order valence-electron chi connectivity index (χ2n) is 3.68. The van der Waals surface area contributed by atoms with E-state index in [1.807, 2.05) is 0 Å². The van der Waals surface area contributed by atoms with Crippen LogP contribution in [0.15, 0.2) is 0 Å². The molecule has 1 fully saturated rings. The van der Waals surface area contributed by atoms with E-state index in [0.29, 0.717) is 0 Å². The molecule has 0 aromatic carbocycles. The Labute approximate surface area is 70.1 Å². The lowest BCUT2D eigenvalue weighted by atomic mass is 9.81. The lowest BCUT2D eigenvalue weighted by molar-refractivity contribution is 0.0714. The molecule has 66 valence electrons. The average molecular weight is 156 g/mol. The Morgan fingerprint density at radius 1 is 1.27 bits per heavy atom. The van der Waals surface area contributed by atoms with E-state index in [1.54, 1.807) is 0 Å². The van der Waals surface area contributed by atoms with E-state index in [4.69, 9.17) is 4.74 Å². The van der Waals surface area contributed by atoms with Gasteiger partial charge in [0.15, 0.2) is 0 Å². The van der Waals surface area contributed by atoms with E-state index >= 15 is 0 Å². The standard InChI is InChI=1S/C10H20O/c1-3-11-8-10-7-5-4-6-9(10)2/h9-10H,3-8H2,1-2H3/t9-,10-/m1/s1. The summed E-state index contributed by atoms with van der Waals surface area (Å²) in [5.41, 5.74) is 0. The van der Waals surface area contributed by atoms with Crippen molar-refractivity contribution in [2.75, 3.05) is 13.2 Å². The highest BCUT2D eigenvalue weighted by molar-refractivity contribution is 4.71. The van der Waals surface area contributed by atoms with Crippen LogP contribution in [0.3, 0.4) is 0 Å². The van der Waals surface area contributed by atoms with E-state index in [9.17, 15) is 0 Å². The van der Waals surface area contributed by atoms with Crippen LogP contribution in [-0.2, 0) is 4.74 Å². The van der Waals surface area contributed by atoms with Gasteiger partial charge >= 0.3 is 0 Å². The number of ether oxygens (including phenoxy) is 1. The van der Waals surface area contributed by atoms with Crippen molar-refractivity contribution in [2.24, 2.45) is 11.8 Å². The molecule has 1 heteroatoms. The molecule has 0 aromatic heterocycles. The molecule has 0 N–H and O–H groups in total. The van der Waals surface area contributed by atoms with E-state index in [1.165, 1.54) is 25.7 Å². The molecular formula is C10H20O. The molecule has 1 nitrogen and oxygen atoms in total. The molecular weight excluding hydrogens is 136 g/mol. The number of hydrogen-bond acceptors (Lipinski definition) is 1. The minimum Gasteiger partial charge on any atom is -0.381 e. The first kappa shape index (κ1) is 9.05. The molecule has 0 aliphatic heterocycles. The maximum atomic E-state index is 5.44. The smallest absolute Gasteiger partial charge is 0.0496 e. The van der Waals surface area contributed by atoms with E-state index in [2.05, 4.69) is 13.8 Å². The van der Waals surface area contributed by atoms with Gasteiger partial charge in [-0.1, -0.05) is 26.2 Å². The number of hydrogen-bond donors (Lipinski definition) is 0. The van der Waals surface area contributed by atoms with Crippen LogP contribution in [0.25, 0.3) is 0 Å². The second-order valence-corrected chi connectivity index (χ2v) is 3.68. The van der Waals surface area contributed by atoms with Gasteiger partial charge in [0, 0.05) is 13.2 Å². The van der Waals surface area contributed by atoms with Crippen molar-refractivity contribution in [1.29, 1.82) is 0 Å². The Bertz CT molecular complexity index is 101. The molecule has 0 bridgehead atoms. The summed E-state index contributed by atoms with van der Waals surface area (Å²) in [6.45, 7) is 6.32. The average Bonchev–Trinajstić information content (AvgIpc) is 2.03. The van der Waals surface area contributed by atoms with Gasteiger partial charge in [-0.3, -0.25) is 0 Å². The predicted molar refractivity (Wildman–Crippen MR) is 47.6 cm³/mol. The third kappa shape index (κ3) is 2.82. The Hall–Kier alpha value is -0.0400. The maximum absolute atomic E-state index is 5.44. The summed E-state index contributed by atoms with van der Waals surface area (Å²) >= 11 is 0. The van der Waals surface area contributed by atoms with Crippen LogP contribution in [0.4, 0.5) is 0 Å². The fourth-order valence-corrected chi connectivity index (χ4v) is 1.91. The number of rotatable bonds is 3. The van der Waals surface area contributed by atoms with E-state index < -0.39 is 0 Å². The van der Waals surface area contributed by atoms with Crippen LogP contribution < -0.4 is 0 Å². The Balaban J connectivity index is 2.18. The van der Waals surface area contributed by atoms with E-state index in [0.717, 1.165) is 25.0 Å². The van der Waals surface area contributed by atoms with Gasteiger partial charge in [0.1, 0.15) is 0 Å². The summed E-state index contributed by atoms with van der Waals surface area (Å²) in [5.74, 6) is 1.75. The summed E-state index contributed by atoms with van der Waals surface area (Å²) in [5, 5.41) is 0. The molecule has 1 aliphatic carbocycles. The lowest BCUT2D eigenvalue weighted by Crippen LogP contribution is -2.21. The SMILES string of the molecule is CCOC[C@H]1CCCC[C@H]1C. The van der Waals surface area contributed by atoms with Crippen LogP contribution in [-0.4, -0.2) is 13.2 Å². The van der Waals surface area contributed by atoms with E-state index in [-0.39, 0.29) is 0 Å². The summed E-state index contributed by atoms with van der Waals surface area (Å²) in [7, 11) is 0. The largest absolute Gasteiger partial charge is 0.381 e. The van der Waals surface area contributed by atoms with Gasteiger partial charge < -0.3 is 4.74 Å². The van der Waals surface area contributed by atoms with Crippen LogP contribution >= 0.6 is 0 Å². The van der Waals surface area contributed by atoms with Crippen molar-refractivity contribution in [1.82, 2.24) is 0 Å². The maximum Gasteiger partial charge on any atom is 0.0496 e. The minimum absolute atomic E-state index is 0.851. The molecule has 1 rings (SSSR count). The van der Waals surface area contributed by atoms with Crippen molar-refractivity contribution in [3.63, 3.8) is 0 Å². The van der Waals surface area contributed by atoms with Gasteiger partial charge in [-0.15, -0.1) is 0 Å². The van der Waals surface area contributed by atoms with Crippen molar-refractivity contribution >= 4 is 0 Å². The molecule has 0 radical (unpaired) electrons. The normalized spacial score (nSPS) is 32.2. The fourth-order valence-electron chi connectivity index (χ4n) is 1.91. The zero-order chi connectivity index (χ0) is 8.10. The first-order valence-corrected chi connectivity index (χ1v) is 4.92. The Morgan fingerprint density at radius 3 is 2.64 bits per heavy atom. The summed E-state index contributed by atoms with van der Waals surface area (Å²) in [6, 6.07) is 0. The quantitative estimate of drug-likeness (QED) is 0.610. The second kappa shape index (κ2) is 4.76. The zero-order valence-electron chi connectivity index (χ0n) is 7.81. The summed E-state index contributed by atoms with van der Waals surface area (Å²) in [6.07, 6.45) is 5.66. The van der Waals surface area contributed by atoms with Gasteiger partial charge in [-0.2, -0.15) is 0 Å². The van der Waals surface area contributed by atoms with Gasteiger partial charge in [0.25, 0.3) is 0 Å². The highest BCUT2D eigenvalue weighted by Crippen LogP contribution is 2.29. The Morgan fingerprint density at radius 2 is 2.00 bits per heavy atom. The fraction of sp³-hybridized carbons (Fsp3) is 1.00. The van der Waals surface area contributed by atoms with Gasteiger partial charge in [0.2, 0.25) is 0 Å². The minimum atomic E-state index is 0.851. The van der Waals surface area contributed by atoms with Crippen molar-refractivity contribution in [2.45, 2.75) is 39.5 Å². The molecule has 0 aromatic rings. The molecule has 0 spiro atoms. The van der Waals surface area contributed by atoms with Crippen molar-refractivity contribution in [3.8, 4) is 0 Å².